The topological polar surface area (TPSA) is 3.24 Å². The van der Waals surface area contributed by atoms with Gasteiger partial charge in [0, 0.05) is 10.5 Å². The zero-order valence-corrected chi connectivity index (χ0v) is 11.2. The van der Waals surface area contributed by atoms with Crippen LogP contribution in [0.2, 0.25) is 0 Å². The van der Waals surface area contributed by atoms with Gasteiger partial charge in [0.15, 0.2) is 0 Å². The third kappa shape index (κ3) is 1.93. The molecule has 0 spiro atoms. The normalized spacial score (nSPS) is 25.7. The van der Waals surface area contributed by atoms with E-state index >= 15 is 0 Å². The zero-order chi connectivity index (χ0) is 11.0. The molecule has 0 bridgehead atoms. The van der Waals surface area contributed by atoms with Gasteiger partial charge in [0.25, 0.3) is 0 Å². The summed E-state index contributed by atoms with van der Waals surface area (Å²) in [5.41, 5.74) is 3.16. The summed E-state index contributed by atoms with van der Waals surface area (Å²) < 4.78 is 1.23. The second-order valence-electron chi connectivity index (χ2n) is 4.99. The summed E-state index contributed by atoms with van der Waals surface area (Å²) in [5.74, 6) is 0. The minimum atomic E-state index is 0.698. The quantitative estimate of drug-likeness (QED) is 0.753. The van der Waals surface area contributed by atoms with Crippen LogP contribution >= 0.6 is 15.9 Å². The van der Waals surface area contributed by atoms with E-state index in [2.05, 4.69) is 39.0 Å². The highest BCUT2D eigenvalue weighted by atomic mass is 79.9. The standard InChI is InChI=1S/C14H18BrN/c15-12-7-6-11-4-3-5-14(13(11)10-12)16-8-1-2-9-16/h6-7,10,14H,1-5,8-9H2. The molecule has 0 amide bonds. The third-order valence-corrected chi connectivity index (χ3v) is 4.47. The lowest BCUT2D eigenvalue weighted by molar-refractivity contribution is 0.221. The van der Waals surface area contributed by atoms with Crippen LogP contribution in [0.4, 0.5) is 0 Å². The van der Waals surface area contributed by atoms with Crippen molar-refractivity contribution in [2.45, 2.75) is 38.1 Å². The molecule has 1 atom stereocenters. The number of hydrogen-bond acceptors (Lipinski definition) is 1. The van der Waals surface area contributed by atoms with Crippen LogP contribution in [-0.4, -0.2) is 18.0 Å². The van der Waals surface area contributed by atoms with Crippen molar-refractivity contribution in [3.05, 3.63) is 33.8 Å². The van der Waals surface area contributed by atoms with Crippen LogP contribution in [0.1, 0.15) is 42.9 Å². The molecule has 3 rings (SSSR count). The maximum absolute atomic E-state index is 3.61. The number of nitrogens with zero attached hydrogens (tertiary/aromatic N) is 1. The maximum Gasteiger partial charge on any atom is 0.0351 e. The van der Waals surface area contributed by atoms with Gasteiger partial charge in [-0.05, 0) is 68.5 Å². The highest BCUT2D eigenvalue weighted by Gasteiger charge is 2.27. The Morgan fingerprint density at radius 3 is 2.75 bits per heavy atom. The predicted octanol–water partition coefficient (Wildman–Crippen LogP) is 3.92. The summed E-state index contributed by atoms with van der Waals surface area (Å²) in [6.07, 6.45) is 6.76. The molecule has 2 heteroatoms. The van der Waals surface area contributed by atoms with E-state index in [9.17, 15) is 0 Å². The molecule has 1 aromatic rings. The second kappa shape index (κ2) is 4.50. The van der Waals surface area contributed by atoms with Crippen LogP contribution in [0.5, 0.6) is 0 Å². The molecule has 1 aromatic carbocycles. The molecule has 86 valence electrons. The van der Waals surface area contributed by atoms with Crippen LogP contribution in [0.3, 0.4) is 0 Å². The predicted molar refractivity (Wildman–Crippen MR) is 70.6 cm³/mol. The molecule has 1 nitrogen and oxygen atoms in total. The second-order valence-corrected chi connectivity index (χ2v) is 5.91. The molecule has 0 saturated carbocycles. The first kappa shape index (κ1) is 10.8. The monoisotopic (exact) mass is 279 g/mol. The number of rotatable bonds is 1. The highest BCUT2D eigenvalue weighted by molar-refractivity contribution is 9.10. The molecule has 1 fully saturated rings. The van der Waals surface area contributed by atoms with Gasteiger partial charge in [0.05, 0.1) is 0 Å². The van der Waals surface area contributed by atoms with Crippen molar-refractivity contribution in [2.24, 2.45) is 0 Å². The van der Waals surface area contributed by atoms with Crippen molar-refractivity contribution in [1.29, 1.82) is 0 Å². The van der Waals surface area contributed by atoms with Crippen molar-refractivity contribution in [1.82, 2.24) is 4.90 Å². The van der Waals surface area contributed by atoms with Crippen molar-refractivity contribution < 1.29 is 0 Å². The fourth-order valence-corrected chi connectivity index (χ4v) is 3.56. The van der Waals surface area contributed by atoms with Crippen LogP contribution < -0.4 is 0 Å². The Morgan fingerprint density at radius 1 is 1.12 bits per heavy atom. The molecule has 1 heterocycles. The van der Waals surface area contributed by atoms with Gasteiger partial charge in [0.2, 0.25) is 0 Å². The number of hydrogen-bond donors (Lipinski definition) is 0. The number of aryl methyl sites for hydroxylation is 1. The van der Waals surface area contributed by atoms with E-state index in [0.717, 1.165) is 0 Å². The van der Waals surface area contributed by atoms with Gasteiger partial charge >= 0.3 is 0 Å². The van der Waals surface area contributed by atoms with Crippen LogP contribution in [0.25, 0.3) is 0 Å². The maximum atomic E-state index is 3.61. The van der Waals surface area contributed by atoms with Crippen molar-refractivity contribution in [2.75, 3.05) is 13.1 Å². The summed E-state index contributed by atoms with van der Waals surface area (Å²) in [6, 6.07) is 7.54. The first-order valence-corrected chi connectivity index (χ1v) is 7.16. The first-order valence-electron chi connectivity index (χ1n) is 6.37. The number of fused-ring (bicyclic) bond motifs is 1. The minimum absolute atomic E-state index is 0.698. The van der Waals surface area contributed by atoms with E-state index in [1.807, 2.05) is 0 Å². The average Bonchev–Trinajstić information content (AvgIpc) is 2.81. The summed E-state index contributed by atoms with van der Waals surface area (Å²) in [6.45, 7) is 2.60. The first-order chi connectivity index (χ1) is 7.84. The van der Waals surface area contributed by atoms with Gasteiger partial charge in [-0.15, -0.1) is 0 Å². The molecule has 1 saturated heterocycles. The van der Waals surface area contributed by atoms with E-state index in [-0.39, 0.29) is 0 Å². The highest BCUT2D eigenvalue weighted by Crippen LogP contribution is 2.37. The molecule has 0 N–H and O–H groups in total. The minimum Gasteiger partial charge on any atom is -0.296 e. The Hall–Kier alpha value is -0.340. The van der Waals surface area contributed by atoms with E-state index in [1.54, 1.807) is 11.1 Å². The Labute approximate surface area is 106 Å². The molecule has 0 radical (unpaired) electrons. The average molecular weight is 280 g/mol. The smallest absolute Gasteiger partial charge is 0.0351 e. The lowest BCUT2D eigenvalue weighted by Crippen LogP contribution is -2.28. The molecule has 0 aromatic heterocycles. The molecule has 16 heavy (non-hydrogen) atoms. The summed E-state index contributed by atoms with van der Waals surface area (Å²) in [5, 5.41) is 0. The van der Waals surface area contributed by atoms with Gasteiger partial charge in [-0.3, -0.25) is 4.90 Å². The Bertz CT molecular complexity index is 382. The molecule has 1 aliphatic heterocycles. The van der Waals surface area contributed by atoms with Crippen LogP contribution in [0.15, 0.2) is 22.7 Å². The summed E-state index contributed by atoms with van der Waals surface area (Å²) in [7, 11) is 0. The largest absolute Gasteiger partial charge is 0.296 e. The lowest BCUT2D eigenvalue weighted by Gasteiger charge is -2.33. The third-order valence-electron chi connectivity index (χ3n) is 3.97. The summed E-state index contributed by atoms with van der Waals surface area (Å²) >= 11 is 3.61. The van der Waals surface area contributed by atoms with Crippen LogP contribution in [0, 0.1) is 0 Å². The van der Waals surface area contributed by atoms with E-state index in [4.69, 9.17) is 0 Å². The van der Waals surface area contributed by atoms with Gasteiger partial charge in [0.1, 0.15) is 0 Å². The van der Waals surface area contributed by atoms with Crippen LogP contribution in [-0.2, 0) is 6.42 Å². The van der Waals surface area contributed by atoms with Crippen molar-refractivity contribution in [3.63, 3.8) is 0 Å². The SMILES string of the molecule is Brc1ccc2c(c1)C(N1CCCC1)CCC2. The van der Waals surface area contributed by atoms with E-state index < -0.39 is 0 Å². The summed E-state index contributed by atoms with van der Waals surface area (Å²) in [4.78, 5) is 2.68. The Kier molecular flexibility index (Phi) is 3.03. The Morgan fingerprint density at radius 2 is 1.94 bits per heavy atom. The van der Waals surface area contributed by atoms with Crippen molar-refractivity contribution in [3.8, 4) is 0 Å². The molecular formula is C14H18BrN. The van der Waals surface area contributed by atoms with Gasteiger partial charge < -0.3 is 0 Å². The number of halogens is 1. The molecule has 2 aliphatic rings. The van der Waals surface area contributed by atoms with Crippen molar-refractivity contribution >= 4 is 15.9 Å². The lowest BCUT2D eigenvalue weighted by atomic mass is 9.87. The molecular weight excluding hydrogens is 262 g/mol. The van der Waals surface area contributed by atoms with Gasteiger partial charge in [-0.1, -0.05) is 22.0 Å². The molecule has 1 aliphatic carbocycles. The zero-order valence-electron chi connectivity index (χ0n) is 9.58. The van der Waals surface area contributed by atoms with Gasteiger partial charge in [-0.2, -0.15) is 0 Å². The Balaban J connectivity index is 1.94. The molecule has 1 unspecified atom stereocenters. The van der Waals surface area contributed by atoms with Gasteiger partial charge in [-0.25, -0.2) is 0 Å². The fourth-order valence-electron chi connectivity index (χ4n) is 3.18. The van der Waals surface area contributed by atoms with E-state index in [1.165, 1.54) is 49.7 Å². The fraction of sp³-hybridized carbons (Fsp3) is 0.571. The number of benzene rings is 1. The number of likely N-dealkylation sites (tertiary alicyclic amines) is 1. The van der Waals surface area contributed by atoms with E-state index in [0.29, 0.717) is 6.04 Å².